The third kappa shape index (κ3) is 2.27. The van der Waals surface area contributed by atoms with Crippen LogP contribution in [-0.4, -0.2) is 13.1 Å². The average Bonchev–Trinajstić information content (AvgIpc) is 2.01. The van der Waals surface area contributed by atoms with Crippen molar-refractivity contribution in [3.8, 4) is 0 Å². The van der Waals surface area contributed by atoms with Crippen LogP contribution in [0, 0.1) is 12.7 Å². The molecule has 0 N–H and O–H groups in total. The molecule has 0 bridgehead atoms. The second-order valence-corrected chi connectivity index (χ2v) is 4.67. The van der Waals surface area contributed by atoms with E-state index in [0.29, 0.717) is 11.7 Å². The van der Waals surface area contributed by atoms with Crippen LogP contribution >= 0.6 is 15.9 Å². The summed E-state index contributed by atoms with van der Waals surface area (Å²) in [6, 6.07) is 3.72. The quantitative estimate of drug-likeness (QED) is 0.782. The molecule has 14 heavy (non-hydrogen) atoms. The summed E-state index contributed by atoms with van der Waals surface area (Å²) in [6.07, 6.45) is 0. The van der Waals surface area contributed by atoms with Gasteiger partial charge in [0.05, 0.1) is 5.69 Å². The van der Waals surface area contributed by atoms with E-state index >= 15 is 0 Å². The lowest BCUT2D eigenvalue weighted by Crippen LogP contribution is -2.27. The molecule has 0 unspecified atom stereocenters. The maximum absolute atomic E-state index is 13.7. The van der Waals surface area contributed by atoms with Crippen molar-refractivity contribution in [2.24, 2.45) is 0 Å². The monoisotopic (exact) mass is 259 g/mol. The number of halogens is 2. The normalized spacial score (nSPS) is 10.8. The first-order valence-electron chi connectivity index (χ1n) is 4.62. The molecule has 0 saturated carbocycles. The third-order valence-electron chi connectivity index (χ3n) is 2.35. The van der Waals surface area contributed by atoms with Crippen LogP contribution in [0.25, 0.3) is 0 Å². The van der Waals surface area contributed by atoms with Crippen LogP contribution in [0.5, 0.6) is 0 Å². The average molecular weight is 260 g/mol. The molecular weight excluding hydrogens is 245 g/mol. The third-order valence-corrected chi connectivity index (χ3v) is 2.80. The van der Waals surface area contributed by atoms with Crippen LogP contribution in [-0.2, 0) is 0 Å². The van der Waals surface area contributed by atoms with E-state index in [2.05, 4.69) is 15.9 Å². The summed E-state index contributed by atoms with van der Waals surface area (Å²) in [5.74, 6) is -0.173. The summed E-state index contributed by atoms with van der Waals surface area (Å²) in [5.41, 5.74) is 1.64. The molecule has 0 spiro atoms. The molecule has 0 aliphatic heterocycles. The van der Waals surface area contributed by atoms with E-state index in [1.807, 2.05) is 38.8 Å². The van der Waals surface area contributed by atoms with Crippen molar-refractivity contribution in [2.75, 3.05) is 11.9 Å². The molecule has 0 aliphatic carbocycles. The molecule has 0 fully saturated rings. The van der Waals surface area contributed by atoms with Crippen molar-refractivity contribution in [2.45, 2.75) is 26.8 Å². The van der Waals surface area contributed by atoms with Gasteiger partial charge in [-0.1, -0.05) is 15.9 Å². The minimum atomic E-state index is -0.173. The van der Waals surface area contributed by atoms with E-state index in [1.165, 1.54) is 6.07 Å². The Morgan fingerprint density at radius 3 is 2.36 bits per heavy atom. The molecule has 1 aromatic rings. The fourth-order valence-corrected chi connectivity index (χ4v) is 1.94. The Hall–Kier alpha value is -0.570. The van der Waals surface area contributed by atoms with Gasteiger partial charge >= 0.3 is 0 Å². The Morgan fingerprint density at radius 2 is 1.93 bits per heavy atom. The van der Waals surface area contributed by atoms with Crippen molar-refractivity contribution in [1.29, 1.82) is 0 Å². The molecule has 0 aromatic heterocycles. The van der Waals surface area contributed by atoms with E-state index in [9.17, 15) is 4.39 Å². The standard InChI is InChI=1S/C11H15BrFN/c1-7(2)14(4)11-8(3)5-9(12)6-10(11)13/h5-7H,1-4H3. The number of hydrogen-bond acceptors (Lipinski definition) is 1. The van der Waals surface area contributed by atoms with Crippen LogP contribution in [0.2, 0.25) is 0 Å². The van der Waals surface area contributed by atoms with Crippen molar-refractivity contribution < 1.29 is 4.39 Å². The summed E-state index contributed by atoms with van der Waals surface area (Å²) >= 11 is 3.27. The van der Waals surface area contributed by atoms with E-state index in [0.717, 1.165) is 10.0 Å². The lowest BCUT2D eigenvalue weighted by atomic mass is 10.1. The highest BCUT2D eigenvalue weighted by atomic mass is 79.9. The Morgan fingerprint density at radius 1 is 1.36 bits per heavy atom. The first-order chi connectivity index (χ1) is 6.43. The van der Waals surface area contributed by atoms with Gasteiger partial charge in [0, 0.05) is 17.6 Å². The molecule has 0 atom stereocenters. The van der Waals surface area contributed by atoms with Gasteiger partial charge in [-0.3, -0.25) is 0 Å². The van der Waals surface area contributed by atoms with Gasteiger partial charge in [-0.2, -0.15) is 0 Å². The lowest BCUT2D eigenvalue weighted by molar-refractivity contribution is 0.611. The maximum atomic E-state index is 13.7. The number of hydrogen-bond donors (Lipinski definition) is 0. The number of nitrogens with zero attached hydrogens (tertiary/aromatic N) is 1. The van der Waals surface area contributed by atoms with Crippen molar-refractivity contribution in [1.82, 2.24) is 0 Å². The Labute approximate surface area is 93.0 Å². The van der Waals surface area contributed by atoms with E-state index in [-0.39, 0.29) is 5.82 Å². The van der Waals surface area contributed by atoms with Gasteiger partial charge in [-0.15, -0.1) is 0 Å². The largest absolute Gasteiger partial charge is 0.370 e. The van der Waals surface area contributed by atoms with Crippen LogP contribution < -0.4 is 4.90 Å². The van der Waals surface area contributed by atoms with Gasteiger partial charge in [0.1, 0.15) is 5.82 Å². The van der Waals surface area contributed by atoms with E-state index < -0.39 is 0 Å². The smallest absolute Gasteiger partial charge is 0.147 e. The number of aryl methyl sites for hydroxylation is 1. The van der Waals surface area contributed by atoms with Gasteiger partial charge in [-0.05, 0) is 38.5 Å². The van der Waals surface area contributed by atoms with Gasteiger partial charge < -0.3 is 4.90 Å². The van der Waals surface area contributed by atoms with Crippen LogP contribution in [0.15, 0.2) is 16.6 Å². The molecule has 78 valence electrons. The zero-order valence-electron chi connectivity index (χ0n) is 8.94. The summed E-state index contributed by atoms with van der Waals surface area (Å²) in [7, 11) is 1.91. The van der Waals surface area contributed by atoms with E-state index in [4.69, 9.17) is 0 Å². The Balaban J connectivity index is 3.20. The molecule has 1 aromatic carbocycles. The first-order valence-corrected chi connectivity index (χ1v) is 5.41. The predicted molar refractivity (Wildman–Crippen MR) is 62.4 cm³/mol. The van der Waals surface area contributed by atoms with Crippen LogP contribution in [0.3, 0.4) is 0 Å². The predicted octanol–water partition coefficient (Wildman–Crippen LogP) is 3.74. The fourth-order valence-electron chi connectivity index (χ4n) is 1.40. The van der Waals surface area contributed by atoms with Gasteiger partial charge in [0.15, 0.2) is 0 Å². The fraction of sp³-hybridized carbons (Fsp3) is 0.455. The maximum Gasteiger partial charge on any atom is 0.147 e. The van der Waals surface area contributed by atoms with Crippen LogP contribution in [0.1, 0.15) is 19.4 Å². The molecular formula is C11H15BrFN. The van der Waals surface area contributed by atoms with Gasteiger partial charge in [0.25, 0.3) is 0 Å². The molecule has 0 radical (unpaired) electrons. The minimum Gasteiger partial charge on any atom is -0.370 e. The van der Waals surface area contributed by atoms with Gasteiger partial charge in [0.2, 0.25) is 0 Å². The zero-order chi connectivity index (χ0) is 10.9. The second kappa shape index (κ2) is 4.30. The summed E-state index contributed by atoms with van der Waals surface area (Å²) in [6.45, 7) is 6.00. The molecule has 0 heterocycles. The number of rotatable bonds is 2. The highest BCUT2D eigenvalue weighted by Crippen LogP contribution is 2.28. The number of anilines is 1. The summed E-state index contributed by atoms with van der Waals surface area (Å²) in [5, 5.41) is 0. The molecule has 1 nitrogen and oxygen atoms in total. The van der Waals surface area contributed by atoms with Crippen LogP contribution in [0.4, 0.5) is 10.1 Å². The highest BCUT2D eigenvalue weighted by Gasteiger charge is 2.13. The lowest BCUT2D eigenvalue weighted by Gasteiger charge is -2.26. The molecule has 0 saturated heterocycles. The molecule has 0 aliphatic rings. The Bertz CT molecular complexity index is 313. The first kappa shape index (κ1) is 11.5. The van der Waals surface area contributed by atoms with Crippen molar-refractivity contribution >= 4 is 21.6 Å². The molecule has 3 heteroatoms. The van der Waals surface area contributed by atoms with Crippen molar-refractivity contribution in [3.05, 3.63) is 28.0 Å². The Kier molecular flexibility index (Phi) is 3.53. The SMILES string of the molecule is Cc1cc(Br)cc(F)c1N(C)C(C)C. The highest BCUT2D eigenvalue weighted by molar-refractivity contribution is 9.10. The van der Waals surface area contributed by atoms with Gasteiger partial charge in [-0.25, -0.2) is 4.39 Å². The zero-order valence-corrected chi connectivity index (χ0v) is 10.5. The summed E-state index contributed by atoms with van der Waals surface area (Å²) in [4.78, 5) is 1.94. The van der Waals surface area contributed by atoms with Crippen molar-refractivity contribution in [3.63, 3.8) is 0 Å². The minimum absolute atomic E-state index is 0.173. The topological polar surface area (TPSA) is 3.24 Å². The van der Waals surface area contributed by atoms with E-state index in [1.54, 1.807) is 0 Å². The second-order valence-electron chi connectivity index (χ2n) is 3.76. The molecule has 1 rings (SSSR count). The molecule has 0 amide bonds. The summed E-state index contributed by atoms with van der Waals surface area (Å²) < 4.78 is 14.4. The number of benzene rings is 1.